The van der Waals surface area contributed by atoms with Crippen molar-refractivity contribution in [1.82, 2.24) is 19.7 Å². The number of benzene rings is 1. The maximum Gasteiger partial charge on any atom is 0.257 e. The number of aliphatic imine (C=N–C) groups is 1. The lowest BCUT2D eigenvalue weighted by molar-refractivity contribution is 0.121. The van der Waals surface area contributed by atoms with Crippen LogP contribution in [0, 0.1) is 19.7 Å². The number of aryl methyl sites for hydroxylation is 2. The second-order valence-corrected chi connectivity index (χ2v) is 7.31. The van der Waals surface area contributed by atoms with Gasteiger partial charge in [0.05, 0.1) is 28.7 Å². The van der Waals surface area contributed by atoms with Crippen molar-refractivity contribution >= 4 is 22.4 Å². The molecule has 3 aromatic heterocycles. The predicted octanol–water partition coefficient (Wildman–Crippen LogP) is 5.29. The molecule has 0 unspecified atom stereocenters. The van der Waals surface area contributed by atoms with E-state index in [0.29, 0.717) is 39.1 Å². The van der Waals surface area contributed by atoms with E-state index in [2.05, 4.69) is 20.1 Å². The number of nitrogens with one attached hydrogen (secondary N) is 1. The van der Waals surface area contributed by atoms with E-state index in [0.717, 1.165) is 5.56 Å². The van der Waals surface area contributed by atoms with Crippen LogP contribution in [0.3, 0.4) is 0 Å². The fraction of sp³-hybridized carbons (Fsp3) is 0.227. The van der Waals surface area contributed by atoms with Crippen molar-refractivity contribution in [3.63, 3.8) is 0 Å². The summed E-state index contributed by atoms with van der Waals surface area (Å²) in [5.41, 5.74) is 3.48. The Balaban J connectivity index is 1.80. The third-order valence-electron chi connectivity index (χ3n) is 5.06. The summed E-state index contributed by atoms with van der Waals surface area (Å²) in [5.74, 6) is -0.258. The highest BCUT2D eigenvalue weighted by Crippen LogP contribution is 2.33. The lowest BCUT2D eigenvalue weighted by Gasteiger charge is -2.07. The lowest BCUT2D eigenvalue weighted by atomic mass is 10.0. The van der Waals surface area contributed by atoms with Gasteiger partial charge in [-0.3, -0.25) is 9.67 Å². The summed E-state index contributed by atoms with van der Waals surface area (Å²) in [7, 11) is 0. The van der Waals surface area contributed by atoms with Crippen molar-refractivity contribution in [2.24, 2.45) is 4.99 Å². The molecule has 0 spiro atoms. The first-order valence-electron chi connectivity index (χ1n) is 9.59. The summed E-state index contributed by atoms with van der Waals surface area (Å²) in [6.45, 7) is 4.63. The van der Waals surface area contributed by atoms with Gasteiger partial charge in [0.25, 0.3) is 6.43 Å². The Labute approximate surface area is 176 Å². The molecule has 9 heteroatoms. The van der Waals surface area contributed by atoms with Crippen molar-refractivity contribution in [3.8, 4) is 17.1 Å². The number of hydrogen-bond donors (Lipinski definition) is 2. The standard InChI is InChI=1S/C22H20F3N5O/c1-11-5-4-6-15(23)20(11)16-8-14-17(9-26-16)28-22(31)21(14)13(3)27-19-7-12(2)30(29-19)10-18(24)25/h4-9,18,28,31H,10H2,1-3H3. The maximum atomic E-state index is 14.4. The van der Waals surface area contributed by atoms with Gasteiger partial charge in [-0.05, 0) is 38.5 Å². The van der Waals surface area contributed by atoms with Gasteiger partial charge < -0.3 is 10.1 Å². The molecule has 0 bridgehead atoms. The predicted molar refractivity (Wildman–Crippen MR) is 113 cm³/mol. The second kappa shape index (κ2) is 7.90. The second-order valence-electron chi connectivity index (χ2n) is 7.31. The van der Waals surface area contributed by atoms with Crippen LogP contribution in [0.1, 0.15) is 23.7 Å². The summed E-state index contributed by atoms with van der Waals surface area (Å²) in [6, 6.07) is 8.07. The smallest absolute Gasteiger partial charge is 0.257 e. The molecule has 0 saturated carbocycles. The lowest BCUT2D eigenvalue weighted by Crippen LogP contribution is -2.09. The average molecular weight is 427 g/mol. The Morgan fingerprint density at radius 3 is 2.74 bits per heavy atom. The van der Waals surface area contributed by atoms with Crippen LogP contribution >= 0.6 is 0 Å². The number of aromatic hydroxyl groups is 1. The number of aromatic nitrogens is 4. The van der Waals surface area contributed by atoms with Gasteiger partial charge in [0.15, 0.2) is 11.7 Å². The van der Waals surface area contributed by atoms with Gasteiger partial charge in [0.1, 0.15) is 12.4 Å². The molecule has 1 aromatic carbocycles. The Hall–Kier alpha value is -3.62. The van der Waals surface area contributed by atoms with Crippen LogP contribution in [-0.2, 0) is 6.54 Å². The monoisotopic (exact) mass is 427 g/mol. The average Bonchev–Trinajstić information content (AvgIpc) is 3.19. The van der Waals surface area contributed by atoms with Crippen LogP contribution in [0.25, 0.3) is 22.2 Å². The molecule has 0 aliphatic rings. The van der Waals surface area contributed by atoms with Crippen LogP contribution in [0.15, 0.2) is 41.5 Å². The number of rotatable bonds is 5. The van der Waals surface area contributed by atoms with E-state index in [1.165, 1.54) is 16.9 Å². The minimum Gasteiger partial charge on any atom is -0.494 e. The third-order valence-corrected chi connectivity index (χ3v) is 5.06. The van der Waals surface area contributed by atoms with Crippen molar-refractivity contribution in [2.75, 3.05) is 0 Å². The first-order chi connectivity index (χ1) is 14.7. The van der Waals surface area contributed by atoms with E-state index in [9.17, 15) is 18.3 Å². The van der Waals surface area contributed by atoms with E-state index in [-0.39, 0.29) is 11.7 Å². The van der Waals surface area contributed by atoms with E-state index < -0.39 is 18.8 Å². The highest BCUT2D eigenvalue weighted by molar-refractivity contribution is 6.13. The quantitative estimate of drug-likeness (QED) is 0.425. The summed E-state index contributed by atoms with van der Waals surface area (Å²) < 4.78 is 41.0. The van der Waals surface area contributed by atoms with Crippen LogP contribution in [-0.4, -0.2) is 37.0 Å². The van der Waals surface area contributed by atoms with Gasteiger partial charge in [0.2, 0.25) is 0 Å². The SMILES string of the molecule is CC(=Nc1cc(C)n(CC(F)F)n1)c1c(O)[nH]c2cnc(-c3c(C)cccc3F)cc12. The fourth-order valence-corrected chi connectivity index (χ4v) is 3.63. The number of hydrogen-bond acceptors (Lipinski definition) is 4. The van der Waals surface area contributed by atoms with Crippen LogP contribution in [0.5, 0.6) is 5.88 Å². The van der Waals surface area contributed by atoms with Gasteiger partial charge in [0, 0.05) is 22.7 Å². The molecular weight excluding hydrogens is 407 g/mol. The molecule has 4 rings (SSSR count). The van der Waals surface area contributed by atoms with Crippen LogP contribution in [0.4, 0.5) is 19.0 Å². The first kappa shape index (κ1) is 20.6. The number of nitrogens with zero attached hydrogens (tertiary/aromatic N) is 4. The zero-order valence-corrected chi connectivity index (χ0v) is 17.1. The molecule has 160 valence electrons. The Kier molecular flexibility index (Phi) is 5.26. The number of H-pyrrole nitrogens is 1. The molecule has 0 aliphatic heterocycles. The van der Waals surface area contributed by atoms with Crippen molar-refractivity contribution in [1.29, 1.82) is 0 Å². The Bertz CT molecular complexity index is 1290. The molecule has 0 radical (unpaired) electrons. The molecule has 0 atom stereocenters. The van der Waals surface area contributed by atoms with Crippen molar-refractivity contribution < 1.29 is 18.3 Å². The van der Waals surface area contributed by atoms with Gasteiger partial charge in [-0.1, -0.05) is 12.1 Å². The normalized spacial score (nSPS) is 12.3. The van der Waals surface area contributed by atoms with Gasteiger partial charge in [-0.15, -0.1) is 0 Å². The number of alkyl halides is 2. The molecule has 0 amide bonds. The molecule has 4 aromatic rings. The van der Waals surface area contributed by atoms with E-state index >= 15 is 0 Å². The minimum absolute atomic E-state index is 0.121. The van der Waals surface area contributed by atoms with E-state index in [4.69, 9.17) is 0 Å². The minimum atomic E-state index is -2.53. The maximum absolute atomic E-state index is 14.4. The highest BCUT2D eigenvalue weighted by Gasteiger charge is 2.18. The van der Waals surface area contributed by atoms with Crippen molar-refractivity contribution in [2.45, 2.75) is 33.7 Å². The molecule has 0 fully saturated rings. The molecule has 3 heterocycles. The van der Waals surface area contributed by atoms with Crippen molar-refractivity contribution in [3.05, 3.63) is 59.2 Å². The number of pyridine rings is 1. The zero-order valence-electron chi connectivity index (χ0n) is 17.1. The molecule has 6 nitrogen and oxygen atoms in total. The number of fused-ring (bicyclic) bond motifs is 1. The Morgan fingerprint density at radius 1 is 1.26 bits per heavy atom. The third kappa shape index (κ3) is 3.90. The molecule has 0 aliphatic carbocycles. The van der Waals surface area contributed by atoms with Gasteiger partial charge in [-0.2, -0.15) is 5.10 Å². The fourth-order valence-electron chi connectivity index (χ4n) is 3.63. The highest BCUT2D eigenvalue weighted by atomic mass is 19.3. The molecule has 31 heavy (non-hydrogen) atoms. The number of halogens is 3. The van der Waals surface area contributed by atoms with Crippen LogP contribution < -0.4 is 0 Å². The summed E-state index contributed by atoms with van der Waals surface area (Å²) in [5, 5.41) is 15.2. The summed E-state index contributed by atoms with van der Waals surface area (Å²) in [6.07, 6.45) is -1.00. The molecule has 0 saturated heterocycles. The van der Waals surface area contributed by atoms with Gasteiger partial charge >= 0.3 is 0 Å². The largest absolute Gasteiger partial charge is 0.494 e. The molecular formula is C22H20F3N5O. The van der Waals surface area contributed by atoms with Gasteiger partial charge in [-0.25, -0.2) is 18.2 Å². The van der Waals surface area contributed by atoms with Crippen LogP contribution in [0.2, 0.25) is 0 Å². The summed E-state index contributed by atoms with van der Waals surface area (Å²) >= 11 is 0. The van der Waals surface area contributed by atoms with E-state index in [1.807, 2.05) is 0 Å². The molecule has 2 N–H and O–H groups in total. The topological polar surface area (TPSA) is 79.1 Å². The summed E-state index contributed by atoms with van der Waals surface area (Å²) in [4.78, 5) is 11.6. The Morgan fingerprint density at radius 2 is 2.03 bits per heavy atom. The number of aromatic amines is 1. The first-order valence-corrected chi connectivity index (χ1v) is 9.59. The zero-order chi connectivity index (χ0) is 22.3. The van der Waals surface area contributed by atoms with E-state index in [1.54, 1.807) is 45.0 Å².